The summed E-state index contributed by atoms with van der Waals surface area (Å²) in [5, 5.41) is 10.3. The van der Waals surface area contributed by atoms with E-state index in [1.54, 1.807) is 11.8 Å². The molecule has 0 radical (unpaired) electrons. The van der Waals surface area contributed by atoms with Crippen molar-refractivity contribution in [3.05, 3.63) is 149 Å². The Bertz CT molecular complexity index is 2080. The second-order valence-corrected chi connectivity index (χ2v) is 11.4. The van der Waals surface area contributed by atoms with Gasteiger partial charge in [-0.1, -0.05) is 96.7 Å². The molecule has 1 spiro atoms. The molecule has 4 heteroatoms. The SMILES string of the molecule is N#Cc1ccc(-c2ccc3c(c2)OC2=C(S3)c3c(oc4ccccc34)C23c2ccccc2-c2ccccc23)cc1. The van der Waals surface area contributed by atoms with Crippen molar-refractivity contribution >= 4 is 27.6 Å². The van der Waals surface area contributed by atoms with Gasteiger partial charge in [0.1, 0.15) is 28.3 Å². The number of nitriles is 1. The fourth-order valence-corrected chi connectivity index (χ4v) is 7.82. The van der Waals surface area contributed by atoms with Crippen LogP contribution in [0.5, 0.6) is 5.75 Å². The molecule has 0 saturated heterocycles. The molecular weight excluding hydrogens is 510 g/mol. The Balaban J connectivity index is 1.31. The maximum atomic E-state index is 9.22. The van der Waals surface area contributed by atoms with Gasteiger partial charge in [0.25, 0.3) is 0 Å². The van der Waals surface area contributed by atoms with Crippen LogP contribution in [0, 0.1) is 11.3 Å². The van der Waals surface area contributed by atoms with Crippen molar-refractivity contribution in [1.29, 1.82) is 5.26 Å². The lowest BCUT2D eigenvalue weighted by Crippen LogP contribution is -2.30. The highest BCUT2D eigenvalue weighted by molar-refractivity contribution is 8.08. The molecule has 3 nitrogen and oxygen atoms in total. The minimum atomic E-state index is -0.675. The van der Waals surface area contributed by atoms with Gasteiger partial charge in [0, 0.05) is 10.9 Å². The molecule has 0 bridgehead atoms. The number of rotatable bonds is 1. The molecule has 40 heavy (non-hydrogen) atoms. The van der Waals surface area contributed by atoms with Gasteiger partial charge in [-0.05, 0) is 63.7 Å². The summed E-state index contributed by atoms with van der Waals surface area (Å²) < 4.78 is 13.9. The van der Waals surface area contributed by atoms with Gasteiger partial charge < -0.3 is 9.15 Å². The Morgan fingerprint density at radius 3 is 2.12 bits per heavy atom. The Morgan fingerprint density at radius 2 is 1.38 bits per heavy atom. The monoisotopic (exact) mass is 529 g/mol. The van der Waals surface area contributed by atoms with Crippen molar-refractivity contribution in [2.45, 2.75) is 10.3 Å². The highest BCUT2D eigenvalue weighted by Crippen LogP contribution is 2.67. The number of nitrogens with zero attached hydrogens (tertiary/aromatic N) is 1. The zero-order valence-electron chi connectivity index (χ0n) is 21.1. The molecule has 3 aliphatic rings. The molecule has 5 aromatic carbocycles. The molecule has 6 aromatic rings. The Kier molecular flexibility index (Phi) is 4.26. The smallest absolute Gasteiger partial charge is 0.141 e. The number of hydrogen-bond donors (Lipinski definition) is 0. The first-order valence-electron chi connectivity index (χ1n) is 13.2. The highest BCUT2D eigenvalue weighted by atomic mass is 32.2. The summed E-state index contributed by atoms with van der Waals surface area (Å²) in [7, 11) is 0. The summed E-state index contributed by atoms with van der Waals surface area (Å²) in [5.74, 6) is 2.68. The summed E-state index contributed by atoms with van der Waals surface area (Å²) in [6, 6.07) is 41.9. The van der Waals surface area contributed by atoms with Crippen LogP contribution in [-0.2, 0) is 5.41 Å². The van der Waals surface area contributed by atoms with Crippen molar-refractivity contribution < 1.29 is 9.15 Å². The van der Waals surface area contributed by atoms with Gasteiger partial charge in [0.05, 0.1) is 21.4 Å². The van der Waals surface area contributed by atoms with Crippen LogP contribution >= 0.6 is 11.8 Å². The van der Waals surface area contributed by atoms with Crippen LogP contribution in [0.4, 0.5) is 0 Å². The van der Waals surface area contributed by atoms with Crippen LogP contribution in [-0.4, -0.2) is 0 Å². The Labute approximate surface area is 235 Å². The number of ether oxygens (including phenoxy) is 1. The first-order valence-corrected chi connectivity index (χ1v) is 14.1. The van der Waals surface area contributed by atoms with E-state index in [1.807, 2.05) is 30.3 Å². The van der Waals surface area contributed by atoms with E-state index in [9.17, 15) is 5.26 Å². The van der Waals surface area contributed by atoms with Gasteiger partial charge in [-0.25, -0.2) is 0 Å². The van der Waals surface area contributed by atoms with Crippen LogP contribution in [0.3, 0.4) is 0 Å². The summed E-state index contributed by atoms with van der Waals surface area (Å²) in [6.07, 6.45) is 0. The first kappa shape index (κ1) is 21.9. The summed E-state index contributed by atoms with van der Waals surface area (Å²) in [6.45, 7) is 0. The number of para-hydroxylation sites is 1. The first-order chi connectivity index (χ1) is 19.8. The zero-order valence-corrected chi connectivity index (χ0v) is 22.0. The molecule has 0 unspecified atom stereocenters. The van der Waals surface area contributed by atoms with E-state index in [0.29, 0.717) is 5.56 Å². The van der Waals surface area contributed by atoms with E-state index in [-0.39, 0.29) is 0 Å². The normalized spacial score (nSPS) is 15.2. The number of fused-ring (bicyclic) bond motifs is 12. The number of furan rings is 1. The van der Waals surface area contributed by atoms with Crippen molar-refractivity contribution in [1.82, 2.24) is 0 Å². The van der Waals surface area contributed by atoms with Crippen molar-refractivity contribution in [2.24, 2.45) is 0 Å². The van der Waals surface area contributed by atoms with Gasteiger partial charge in [0.2, 0.25) is 0 Å². The fourth-order valence-electron chi connectivity index (χ4n) is 6.68. The van der Waals surface area contributed by atoms with Crippen LogP contribution in [0.1, 0.15) is 28.0 Å². The molecule has 0 N–H and O–H groups in total. The third-order valence-corrected chi connectivity index (χ3v) is 9.53. The van der Waals surface area contributed by atoms with Gasteiger partial charge in [-0.2, -0.15) is 5.26 Å². The lowest BCUT2D eigenvalue weighted by atomic mass is 9.76. The average molecular weight is 530 g/mol. The highest BCUT2D eigenvalue weighted by Gasteiger charge is 2.59. The molecule has 9 rings (SSSR count). The van der Waals surface area contributed by atoms with Gasteiger partial charge >= 0.3 is 0 Å². The van der Waals surface area contributed by atoms with Gasteiger partial charge in [0.15, 0.2) is 0 Å². The minimum absolute atomic E-state index is 0.649. The van der Waals surface area contributed by atoms with E-state index in [2.05, 4.69) is 91.0 Å². The predicted octanol–water partition coefficient (Wildman–Crippen LogP) is 9.15. The number of allylic oxidation sites excluding steroid dienone is 1. The Hall–Kier alpha value is -4.98. The van der Waals surface area contributed by atoms with Gasteiger partial charge in [-0.15, -0.1) is 0 Å². The third-order valence-electron chi connectivity index (χ3n) is 8.38. The third kappa shape index (κ3) is 2.65. The maximum absolute atomic E-state index is 9.22. The topological polar surface area (TPSA) is 46.2 Å². The average Bonchev–Trinajstić information content (AvgIpc) is 3.63. The quantitative estimate of drug-likeness (QED) is 0.213. The zero-order chi connectivity index (χ0) is 26.4. The molecule has 0 amide bonds. The number of thioether (sulfide) groups is 1. The summed E-state index contributed by atoms with van der Waals surface area (Å²) >= 11 is 1.76. The van der Waals surface area contributed by atoms with Crippen LogP contribution in [0.25, 0.3) is 38.1 Å². The molecule has 2 aliphatic carbocycles. The van der Waals surface area contributed by atoms with Crippen LogP contribution in [0.2, 0.25) is 0 Å². The lowest BCUT2D eigenvalue weighted by Gasteiger charge is -2.32. The number of benzene rings is 5. The second-order valence-electron chi connectivity index (χ2n) is 10.4. The van der Waals surface area contributed by atoms with E-state index in [0.717, 1.165) is 54.7 Å². The minimum Gasteiger partial charge on any atom is -0.459 e. The van der Waals surface area contributed by atoms with Crippen molar-refractivity contribution in [3.8, 4) is 34.1 Å². The lowest BCUT2D eigenvalue weighted by molar-refractivity contribution is 0.343. The summed E-state index contributed by atoms with van der Waals surface area (Å²) in [5.41, 5.74) is 8.89. The molecule has 1 aromatic heterocycles. The van der Waals surface area contributed by atoms with E-state index < -0.39 is 5.41 Å². The second kappa shape index (κ2) is 7.79. The predicted molar refractivity (Wildman–Crippen MR) is 158 cm³/mol. The van der Waals surface area contributed by atoms with E-state index in [4.69, 9.17) is 9.15 Å². The van der Waals surface area contributed by atoms with Gasteiger partial charge in [-0.3, -0.25) is 0 Å². The molecule has 0 atom stereocenters. The molecule has 2 heterocycles. The van der Waals surface area contributed by atoms with Crippen LogP contribution < -0.4 is 4.74 Å². The molecule has 0 fully saturated rings. The number of hydrogen-bond acceptors (Lipinski definition) is 4. The molecule has 1 aliphatic heterocycles. The fraction of sp³-hybridized carbons (Fsp3) is 0.0278. The standard InChI is InChI=1S/C36H19NO2S/c37-20-21-13-15-22(16-14-21)23-17-18-31-30(19-23)39-35-33(40-31)32-26-9-3-6-12-29(26)38-34(32)36(35)27-10-4-1-7-24(27)25-8-2-5-11-28(25)36/h1-19H. The van der Waals surface area contributed by atoms with Crippen molar-refractivity contribution in [3.63, 3.8) is 0 Å². The van der Waals surface area contributed by atoms with E-state index in [1.165, 1.54) is 22.3 Å². The Morgan fingerprint density at radius 1 is 0.700 bits per heavy atom. The summed E-state index contributed by atoms with van der Waals surface area (Å²) in [4.78, 5) is 2.19. The molecule has 186 valence electrons. The molecular formula is C36H19NO2S. The van der Waals surface area contributed by atoms with Crippen molar-refractivity contribution in [2.75, 3.05) is 0 Å². The maximum Gasteiger partial charge on any atom is 0.141 e. The molecule has 0 saturated carbocycles. The largest absolute Gasteiger partial charge is 0.459 e. The van der Waals surface area contributed by atoms with Crippen LogP contribution in [0.15, 0.2) is 130 Å². The van der Waals surface area contributed by atoms with E-state index >= 15 is 0 Å².